The monoisotopic (exact) mass is 232 g/mol. The summed E-state index contributed by atoms with van der Waals surface area (Å²) in [6, 6.07) is 3.85. The van der Waals surface area contributed by atoms with E-state index < -0.39 is 0 Å². The summed E-state index contributed by atoms with van der Waals surface area (Å²) in [7, 11) is 0. The molecule has 1 fully saturated rings. The third-order valence-corrected chi connectivity index (χ3v) is 3.24. The maximum atomic E-state index is 7.34. The first kappa shape index (κ1) is 11.9. The minimum atomic E-state index is 0.0803. The summed E-state index contributed by atoms with van der Waals surface area (Å²) in [6.07, 6.45) is 8.19. The number of rotatable bonds is 2. The number of nitrogen functional groups attached to an aromatic ring is 1. The van der Waals surface area contributed by atoms with Crippen LogP contribution in [0.2, 0.25) is 0 Å². The third kappa shape index (κ3) is 3.19. The Kier molecular flexibility index (Phi) is 3.96. The molecule has 0 bridgehead atoms. The van der Waals surface area contributed by atoms with Gasteiger partial charge >= 0.3 is 0 Å². The van der Waals surface area contributed by atoms with E-state index >= 15 is 0 Å². The molecule has 4 heteroatoms. The minimum Gasteiger partial charge on any atom is -0.384 e. The number of nitrogens with zero attached hydrogens (tertiary/aromatic N) is 2. The van der Waals surface area contributed by atoms with Gasteiger partial charge in [-0.3, -0.25) is 5.41 Å². The van der Waals surface area contributed by atoms with Crippen molar-refractivity contribution in [2.45, 2.75) is 32.1 Å². The highest BCUT2D eigenvalue weighted by molar-refractivity contribution is 5.94. The van der Waals surface area contributed by atoms with E-state index in [9.17, 15) is 0 Å². The van der Waals surface area contributed by atoms with Crippen molar-refractivity contribution in [3.05, 3.63) is 23.9 Å². The van der Waals surface area contributed by atoms with Crippen LogP contribution in [0.3, 0.4) is 0 Å². The Balaban J connectivity index is 2.06. The first-order chi connectivity index (χ1) is 8.27. The fraction of sp³-hybridized carbons (Fsp3) is 0.538. The average Bonchev–Trinajstić information content (AvgIpc) is 2.29. The highest BCUT2D eigenvalue weighted by atomic mass is 15.2. The maximum Gasteiger partial charge on any atom is 0.128 e. The van der Waals surface area contributed by atoms with Gasteiger partial charge < -0.3 is 10.6 Å². The molecule has 17 heavy (non-hydrogen) atoms. The first-order valence-electron chi connectivity index (χ1n) is 6.33. The number of pyridine rings is 1. The Morgan fingerprint density at radius 2 is 1.76 bits per heavy atom. The van der Waals surface area contributed by atoms with Crippen LogP contribution in [0.5, 0.6) is 0 Å². The molecule has 3 N–H and O–H groups in total. The Labute approximate surface area is 102 Å². The largest absolute Gasteiger partial charge is 0.384 e. The van der Waals surface area contributed by atoms with Gasteiger partial charge in [0.1, 0.15) is 11.7 Å². The second kappa shape index (κ2) is 5.66. The second-order valence-corrected chi connectivity index (χ2v) is 4.57. The van der Waals surface area contributed by atoms with Crippen LogP contribution in [0.4, 0.5) is 5.82 Å². The number of aromatic nitrogens is 1. The minimum absolute atomic E-state index is 0.0803. The van der Waals surface area contributed by atoms with Gasteiger partial charge in [-0.15, -0.1) is 0 Å². The molecule has 0 amide bonds. The molecule has 1 aromatic rings. The zero-order chi connectivity index (χ0) is 12.1. The van der Waals surface area contributed by atoms with Crippen molar-refractivity contribution in [2.24, 2.45) is 5.73 Å². The zero-order valence-corrected chi connectivity index (χ0v) is 10.2. The first-order valence-corrected chi connectivity index (χ1v) is 6.33. The highest BCUT2D eigenvalue weighted by Gasteiger charge is 2.10. The molecule has 1 saturated heterocycles. The van der Waals surface area contributed by atoms with Gasteiger partial charge in [0.25, 0.3) is 0 Å². The molecule has 0 radical (unpaired) electrons. The van der Waals surface area contributed by atoms with E-state index in [1.54, 1.807) is 6.20 Å². The van der Waals surface area contributed by atoms with Gasteiger partial charge in [0.05, 0.1) is 0 Å². The fourth-order valence-corrected chi connectivity index (χ4v) is 2.21. The van der Waals surface area contributed by atoms with Gasteiger partial charge in [-0.05, 0) is 25.0 Å². The lowest BCUT2D eigenvalue weighted by molar-refractivity contribution is 0.554. The summed E-state index contributed by atoms with van der Waals surface area (Å²) >= 11 is 0. The molecule has 2 heterocycles. The molecule has 1 aliphatic rings. The van der Waals surface area contributed by atoms with Gasteiger partial charge in [-0.25, -0.2) is 4.98 Å². The lowest BCUT2D eigenvalue weighted by Gasteiger charge is -2.25. The summed E-state index contributed by atoms with van der Waals surface area (Å²) in [5.41, 5.74) is 6.11. The van der Waals surface area contributed by atoms with Gasteiger partial charge in [0.2, 0.25) is 0 Å². The lowest BCUT2D eigenvalue weighted by atomic mass is 10.1. The standard InChI is InChI=1S/C13H20N4/c14-13(15)11-6-7-12(16-10-11)17-8-4-2-1-3-5-9-17/h6-7,10H,1-5,8-9H2,(H3,14,15). The van der Waals surface area contributed by atoms with Crippen molar-refractivity contribution >= 4 is 11.7 Å². The van der Waals surface area contributed by atoms with E-state index in [4.69, 9.17) is 11.1 Å². The van der Waals surface area contributed by atoms with Gasteiger partial charge in [-0.2, -0.15) is 0 Å². The van der Waals surface area contributed by atoms with E-state index in [0.29, 0.717) is 5.56 Å². The van der Waals surface area contributed by atoms with Crippen molar-refractivity contribution in [1.82, 2.24) is 4.98 Å². The van der Waals surface area contributed by atoms with Crippen molar-refractivity contribution < 1.29 is 0 Å². The van der Waals surface area contributed by atoms with E-state index in [0.717, 1.165) is 18.9 Å². The van der Waals surface area contributed by atoms with Gasteiger partial charge in [0.15, 0.2) is 0 Å². The quantitative estimate of drug-likeness (QED) is 0.606. The van der Waals surface area contributed by atoms with Crippen molar-refractivity contribution in [2.75, 3.05) is 18.0 Å². The summed E-state index contributed by atoms with van der Waals surface area (Å²) in [6.45, 7) is 2.18. The second-order valence-electron chi connectivity index (χ2n) is 4.57. The molecule has 0 spiro atoms. The van der Waals surface area contributed by atoms with E-state index in [1.807, 2.05) is 12.1 Å². The maximum absolute atomic E-state index is 7.34. The molecular formula is C13H20N4. The molecule has 0 unspecified atom stereocenters. The van der Waals surface area contributed by atoms with Crippen molar-refractivity contribution in [3.8, 4) is 0 Å². The number of nitrogens with one attached hydrogen (secondary N) is 1. The van der Waals surface area contributed by atoms with Crippen LogP contribution >= 0.6 is 0 Å². The smallest absolute Gasteiger partial charge is 0.128 e. The molecular weight excluding hydrogens is 212 g/mol. The SMILES string of the molecule is N=C(N)c1ccc(N2CCCCCCC2)nc1. The Morgan fingerprint density at radius 3 is 2.29 bits per heavy atom. The van der Waals surface area contributed by atoms with E-state index in [-0.39, 0.29) is 5.84 Å². The van der Waals surface area contributed by atoms with E-state index in [2.05, 4.69) is 9.88 Å². The molecule has 0 atom stereocenters. The molecule has 2 rings (SSSR count). The fourth-order valence-electron chi connectivity index (χ4n) is 2.21. The zero-order valence-electron chi connectivity index (χ0n) is 10.2. The van der Waals surface area contributed by atoms with Crippen LogP contribution in [-0.2, 0) is 0 Å². The van der Waals surface area contributed by atoms with Crippen LogP contribution in [-0.4, -0.2) is 23.9 Å². The van der Waals surface area contributed by atoms with Crippen LogP contribution in [0.1, 0.15) is 37.7 Å². The Morgan fingerprint density at radius 1 is 1.12 bits per heavy atom. The van der Waals surface area contributed by atoms with Crippen LogP contribution < -0.4 is 10.6 Å². The number of nitrogens with two attached hydrogens (primary N) is 1. The van der Waals surface area contributed by atoms with E-state index in [1.165, 1.54) is 32.1 Å². The van der Waals surface area contributed by atoms with Crippen LogP contribution in [0, 0.1) is 5.41 Å². The molecule has 1 aromatic heterocycles. The summed E-state index contributed by atoms with van der Waals surface area (Å²) in [4.78, 5) is 6.74. The summed E-state index contributed by atoms with van der Waals surface area (Å²) < 4.78 is 0. The summed E-state index contributed by atoms with van der Waals surface area (Å²) in [5.74, 6) is 1.09. The van der Waals surface area contributed by atoms with Gasteiger partial charge in [0, 0.05) is 24.8 Å². The lowest BCUT2D eigenvalue weighted by Crippen LogP contribution is -2.28. The molecule has 1 aliphatic heterocycles. The number of amidine groups is 1. The molecule has 0 aliphatic carbocycles. The summed E-state index contributed by atoms with van der Waals surface area (Å²) in [5, 5.41) is 7.34. The molecule has 4 nitrogen and oxygen atoms in total. The Hall–Kier alpha value is -1.58. The van der Waals surface area contributed by atoms with Crippen LogP contribution in [0.15, 0.2) is 18.3 Å². The predicted molar refractivity (Wildman–Crippen MR) is 70.6 cm³/mol. The number of hydrogen-bond donors (Lipinski definition) is 2. The highest BCUT2D eigenvalue weighted by Crippen LogP contribution is 2.17. The molecule has 0 aromatic carbocycles. The normalized spacial score (nSPS) is 17.3. The predicted octanol–water partition coefficient (Wildman–Crippen LogP) is 2.14. The molecule has 0 saturated carbocycles. The van der Waals surface area contributed by atoms with Crippen molar-refractivity contribution in [3.63, 3.8) is 0 Å². The number of anilines is 1. The average molecular weight is 232 g/mol. The molecule has 92 valence electrons. The van der Waals surface area contributed by atoms with Crippen molar-refractivity contribution in [1.29, 1.82) is 5.41 Å². The Bertz CT molecular complexity index is 364. The van der Waals surface area contributed by atoms with Crippen LogP contribution in [0.25, 0.3) is 0 Å². The van der Waals surface area contributed by atoms with Gasteiger partial charge in [-0.1, -0.05) is 19.3 Å². The number of hydrogen-bond acceptors (Lipinski definition) is 3. The topological polar surface area (TPSA) is 66.0 Å². The third-order valence-electron chi connectivity index (χ3n) is 3.24.